The number of morpholine rings is 1. The minimum atomic E-state index is 0.173. The highest BCUT2D eigenvalue weighted by Gasteiger charge is 2.29. The maximum atomic E-state index is 6.20. The second kappa shape index (κ2) is 5.07. The Bertz CT molecular complexity index is 148. The van der Waals surface area contributed by atoms with Crippen LogP contribution in [0.4, 0.5) is 0 Å². The number of nitrogens with two attached hydrogens (primary N) is 1. The molecule has 2 heterocycles. The maximum absolute atomic E-state index is 6.20. The molecule has 82 valence electrons. The van der Waals surface area contributed by atoms with Gasteiger partial charge >= 0.3 is 0 Å². The molecule has 2 fully saturated rings. The van der Waals surface area contributed by atoms with Crippen LogP contribution in [-0.4, -0.2) is 45.1 Å². The summed E-state index contributed by atoms with van der Waals surface area (Å²) >= 11 is 0. The van der Waals surface area contributed by atoms with Gasteiger partial charge in [0.15, 0.2) is 0 Å². The molecular weight excluding hydrogens is 180 g/mol. The Hall–Kier alpha value is -0.160. The quantitative estimate of drug-likeness (QED) is 0.644. The molecule has 2 saturated heterocycles. The second-order valence-electron chi connectivity index (χ2n) is 4.14. The zero-order valence-electron chi connectivity index (χ0n) is 8.58. The van der Waals surface area contributed by atoms with Crippen molar-refractivity contribution in [1.29, 1.82) is 0 Å². The third kappa shape index (κ3) is 2.45. The molecule has 3 N–H and O–H groups in total. The normalized spacial score (nSPS) is 32.8. The van der Waals surface area contributed by atoms with Crippen LogP contribution in [0.15, 0.2) is 0 Å². The van der Waals surface area contributed by atoms with E-state index >= 15 is 0 Å². The largest absolute Gasteiger partial charge is 0.381 e. The van der Waals surface area contributed by atoms with Crippen LogP contribution in [0.2, 0.25) is 0 Å². The third-order valence-electron chi connectivity index (χ3n) is 3.20. The molecule has 2 rings (SSSR count). The van der Waals surface area contributed by atoms with Gasteiger partial charge in [0, 0.05) is 32.3 Å². The van der Waals surface area contributed by atoms with E-state index in [1.165, 1.54) is 0 Å². The summed E-state index contributed by atoms with van der Waals surface area (Å²) in [5.74, 6) is 0.577. The molecule has 0 saturated carbocycles. The third-order valence-corrected chi connectivity index (χ3v) is 3.20. The Morgan fingerprint density at radius 3 is 2.64 bits per heavy atom. The molecule has 2 aliphatic rings. The lowest BCUT2D eigenvalue weighted by Gasteiger charge is -2.35. The average Bonchev–Trinajstić information content (AvgIpc) is 2.30. The van der Waals surface area contributed by atoms with Crippen LogP contribution in [0.5, 0.6) is 0 Å². The lowest BCUT2D eigenvalue weighted by atomic mass is 9.88. The fourth-order valence-electron chi connectivity index (χ4n) is 2.24. The van der Waals surface area contributed by atoms with Crippen molar-refractivity contribution < 1.29 is 9.47 Å². The number of hydrogen-bond acceptors (Lipinski definition) is 4. The van der Waals surface area contributed by atoms with Crippen molar-refractivity contribution in [2.45, 2.75) is 25.0 Å². The highest BCUT2D eigenvalue weighted by molar-refractivity contribution is 4.85. The number of hydrogen-bond donors (Lipinski definition) is 2. The van der Waals surface area contributed by atoms with Gasteiger partial charge in [-0.05, 0) is 18.8 Å². The van der Waals surface area contributed by atoms with Gasteiger partial charge in [-0.2, -0.15) is 0 Å². The van der Waals surface area contributed by atoms with Crippen molar-refractivity contribution in [2.24, 2.45) is 11.7 Å². The molecule has 2 aliphatic heterocycles. The van der Waals surface area contributed by atoms with Gasteiger partial charge in [-0.1, -0.05) is 0 Å². The van der Waals surface area contributed by atoms with E-state index in [-0.39, 0.29) is 12.1 Å². The fraction of sp³-hybridized carbons (Fsp3) is 1.00. The summed E-state index contributed by atoms with van der Waals surface area (Å²) in [6.45, 7) is 4.37. The minimum Gasteiger partial charge on any atom is -0.381 e. The first-order valence-corrected chi connectivity index (χ1v) is 5.53. The fourth-order valence-corrected chi connectivity index (χ4v) is 2.24. The van der Waals surface area contributed by atoms with Gasteiger partial charge in [0.1, 0.15) is 0 Å². The summed E-state index contributed by atoms with van der Waals surface area (Å²) in [5, 5.41) is 3.32. The zero-order valence-corrected chi connectivity index (χ0v) is 8.58. The Labute approximate surface area is 85.1 Å². The average molecular weight is 200 g/mol. The molecule has 4 heteroatoms. The van der Waals surface area contributed by atoms with Crippen LogP contribution in [0.3, 0.4) is 0 Å². The second-order valence-corrected chi connectivity index (χ2v) is 4.14. The molecule has 0 spiro atoms. The Balaban J connectivity index is 1.82. The summed E-state index contributed by atoms with van der Waals surface area (Å²) in [5.41, 5.74) is 6.20. The van der Waals surface area contributed by atoms with Crippen LogP contribution in [0.1, 0.15) is 12.8 Å². The van der Waals surface area contributed by atoms with E-state index in [9.17, 15) is 0 Å². The van der Waals surface area contributed by atoms with Gasteiger partial charge in [-0.25, -0.2) is 0 Å². The highest BCUT2D eigenvalue weighted by atomic mass is 16.5. The lowest BCUT2D eigenvalue weighted by molar-refractivity contribution is -0.0201. The van der Waals surface area contributed by atoms with Crippen LogP contribution >= 0.6 is 0 Å². The van der Waals surface area contributed by atoms with Gasteiger partial charge in [-0.3, -0.25) is 0 Å². The van der Waals surface area contributed by atoms with Gasteiger partial charge in [0.05, 0.1) is 12.7 Å². The van der Waals surface area contributed by atoms with E-state index in [1.807, 2.05) is 0 Å². The van der Waals surface area contributed by atoms with E-state index in [0.29, 0.717) is 5.92 Å². The summed E-state index contributed by atoms with van der Waals surface area (Å²) in [6, 6.07) is 0.173. The first-order valence-electron chi connectivity index (χ1n) is 5.53. The molecule has 0 aliphatic carbocycles. The first kappa shape index (κ1) is 10.4. The molecule has 0 radical (unpaired) electrons. The van der Waals surface area contributed by atoms with Crippen molar-refractivity contribution >= 4 is 0 Å². The summed E-state index contributed by atoms with van der Waals surface area (Å²) in [7, 11) is 0. The maximum Gasteiger partial charge on any atom is 0.0853 e. The van der Waals surface area contributed by atoms with Crippen LogP contribution < -0.4 is 11.1 Å². The van der Waals surface area contributed by atoms with Crippen molar-refractivity contribution in [3.63, 3.8) is 0 Å². The van der Waals surface area contributed by atoms with Gasteiger partial charge < -0.3 is 20.5 Å². The number of rotatable bonds is 2. The van der Waals surface area contributed by atoms with E-state index < -0.39 is 0 Å². The van der Waals surface area contributed by atoms with Crippen molar-refractivity contribution in [3.05, 3.63) is 0 Å². The zero-order chi connectivity index (χ0) is 9.80. The molecule has 0 amide bonds. The Morgan fingerprint density at radius 1 is 1.21 bits per heavy atom. The number of nitrogens with one attached hydrogen (secondary N) is 1. The van der Waals surface area contributed by atoms with E-state index in [4.69, 9.17) is 15.2 Å². The number of ether oxygens (including phenoxy) is 2. The molecule has 2 atom stereocenters. The monoisotopic (exact) mass is 200 g/mol. The highest BCUT2D eigenvalue weighted by Crippen LogP contribution is 2.21. The van der Waals surface area contributed by atoms with Gasteiger partial charge in [-0.15, -0.1) is 0 Å². The van der Waals surface area contributed by atoms with Gasteiger partial charge in [0.25, 0.3) is 0 Å². The topological polar surface area (TPSA) is 56.5 Å². The molecule has 0 aromatic carbocycles. The minimum absolute atomic E-state index is 0.173. The van der Waals surface area contributed by atoms with E-state index in [2.05, 4.69) is 5.32 Å². The molecule has 4 nitrogen and oxygen atoms in total. The van der Waals surface area contributed by atoms with Crippen LogP contribution in [-0.2, 0) is 9.47 Å². The Kier molecular flexibility index (Phi) is 3.75. The molecule has 0 aromatic heterocycles. The Morgan fingerprint density at radius 2 is 2.00 bits per heavy atom. The van der Waals surface area contributed by atoms with E-state index in [0.717, 1.165) is 45.8 Å². The molecular formula is C10H20N2O2. The summed E-state index contributed by atoms with van der Waals surface area (Å²) in [4.78, 5) is 0. The SMILES string of the molecule is NC(C1CCOCC1)C1CNCCO1. The summed E-state index contributed by atoms with van der Waals surface area (Å²) in [6.07, 6.45) is 2.37. The van der Waals surface area contributed by atoms with E-state index in [1.54, 1.807) is 0 Å². The molecule has 0 bridgehead atoms. The van der Waals surface area contributed by atoms with Crippen LogP contribution in [0, 0.1) is 5.92 Å². The smallest absolute Gasteiger partial charge is 0.0853 e. The van der Waals surface area contributed by atoms with Gasteiger partial charge in [0.2, 0.25) is 0 Å². The van der Waals surface area contributed by atoms with Crippen molar-refractivity contribution in [3.8, 4) is 0 Å². The predicted octanol–water partition coefficient (Wildman–Crippen LogP) is -0.271. The first-order chi connectivity index (χ1) is 6.88. The molecule has 2 unspecified atom stereocenters. The van der Waals surface area contributed by atoms with Crippen molar-refractivity contribution in [2.75, 3.05) is 32.9 Å². The predicted molar refractivity (Wildman–Crippen MR) is 54.1 cm³/mol. The van der Waals surface area contributed by atoms with Crippen molar-refractivity contribution in [1.82, 2.24) is 5.32 Å². The summed E-state index contributed by atoms with van der Waals surface area (Å²) < 4.78 is 11.0. The molecule has 0 aromatic rings. The molecule has 14 heavy (non-hydrogen) atoms. The standard InChI is InChI=1S/C10H20N2O2/c11-10(8-1-4-13-5-2-8)9-7-12-3-6-14-9/h8-10,12H,1-7,11H2. The van der Waals surface area contributed by atoms with Crippen LogP contribution in [0.25, 0.3) is 0 Å². The lowest BCUT2D eigenvalue weighted by Crippen LogP contribution is -2.52.